The lowest BCUT2D eigenvalue weighted by Gasteiger charge is -2.12. The molecule has 1 heterocycles. The van der Waals surface area contributed by atoms with Gasteiger partial charge in [-0.25, -0.2) is 0 Å². The highest BCUT2D eigenvalue weighted by atomic mass is 16.5. The van der Waals surface area contributed by atoms with Crippen LogP contribution in [0.4, 0.5) is 0 Å². The Labute approximate surface area is 186 Å². The van der Waals surface area contributed by atoms with E-state index in [0.29, 0.717) is 23.7 Å². The molecular formula is C26H26N2O4. The third-order valence-electron chi connectivity index (χ3n) is 5.31. The van der Waals surface area contributed by atoms with E-state index >= 15 is 0 Å². The van der Waals surface area contributed by atoms with Gasteiger partial charge in [0.15, 0.2) is 11.3 Å². The zero-order valence-corrected chi connectivity index (χ0v) is 18.2. The molecule has 0 saturated heterocycles. The van der Waals surface area contributed by atoms with E-state index in [-0.39, 0.29) is 30.8 Å². The van der Waals surface area contributed by atoms with Crippen molar-refractivity contribution in [1.82, 2.24) is 10.6 Å². The van der Waals surface area contributed by atoms with Gasteiger partial charge in [0.05, 0.1) is 25.6 Å². The lowest BCUT2D eigenvalue weighted by Crippen LogP contribution is -2.38. The molecular weight excluding hydrogens is 404 g/mol. The highest BCUT2D eigenvalue weighted by Gasteiger charge is 2.17. The number of carbonyl (C=O) groups excluding carboxylic acids is 2. The summed E-state index contributed by atoms with van der Waals surface area (Å²) in [7, 11) is 0. The fraction of sp³-hybridized carbons (Fsp3) is 0.231. The average Bonchev–Trinajstić information content (AvgIpc) is 3.24. The largest absolute Gasteiger partial charge is 0.490 e. The van der Waals surface area contributed by atoms with Crippen molar-refractivity contribution in [3.63, 3.8) is 0 Å². The van der Waals surface area contributed by atoms with E-state index in [9.17, 15) is 9.59 Å². The van der Waals surface area contributed by atoms with E-state index in [4.69, 9.17) is 9.15 Å². The van der Waals surface area contributed by atoms with Crippen LogP contribution in [0.25, 0.3) is 21.7 Å². The van der Waals surface area contributed by atoms with Crippen LogP contribution in [0.3, 0.4) is 0 Å². The number of hydrogen-bond donors (Lipinski definition) is 2. The van der Waals surface area contributed by atoms with Crippen molar-refractivity contribution >= 4 is 33.6 Å². The molecule has 2 amide bonds. The zero-order chi connectivity index (χ0) is 22.5. The summed E-state index contributed by atoms with van der Waals surface area (Å²) in [6.07, 6.45) is 0.216. The monoisotopic (exact) mass is 430 g/mol. The van der Waals surface area contributed by atoms with Crippen LogP contribution < -0.4 is 15.4 Å². The predicted molar refractivity (Wildman–Crippen MR) is 125 cm³/mol. The van der Waals surface area contributed by atoms with Crippen LogP contribution >= 0.6 is 0 Å². The number of nitrogens with one attached hydrogen (secondary N) is 2. The molecule has 32 heavy (non-hydrogen) atoms. The first-order chi connectivity index (χ1) is 15.5. The number of hydrogen-bond acceptors (Lipinski definition) is 4. The summed E-state index contributed by atoms with van der Waals surface area (Å²) in [5, 5.41) is 8.61. The van der Waals surface area contributed by atoms with Gasteiger partial charge in [-0.2, -0.15) is 0 Å². The second-order valence-electron chi connectivity index (χ2n) is 7.64. The van der Waals surface area contributed by atoms with Crippen molar-refractivity contribution in [1.29, 1.82) is 0 Å². The predicted octanol–water partition coefficient (Wildman–Crippen LogP) is 4.52. The van der Waals surface area contributed by atoms with Crippen LogP contribution in [-0.2, 0) is 16.0 Å². The summed E-state index contributed by atoms with van der Waals surface area (Å²) in [5.74, 6) is 0.821. The Balaban J connectivity index is 1.34. The van der Waals surface area contributed by atoms with Gasteiger partial charge in [0.25, 0.3) is 0 Å². The van der Waals surface area contributed by atoms with Gasteiger partial charge >= 0.3 is 0 Å². The van der Waals surface area contributed by atoms with Crippen molar-refractivity contribution in [2.24, 2.45) is 0 Å². The van der Waals surface area contributed by atoms with Crippen LogP contribution in [0.15, 0.2) is 71.1 Å². The zero-order valence-electron chi connectivity index (χ0n) is 18.2. The van der Waals surface area contributed by atoms with Gasteiger partial charge in [0.1, 0.15) is 5.76 Å². The summed E-state index contributed by atoms with van der Waals surface area (Å²) in [4.78, 5) is 24.8. The molecule has 1 aromatic heterocycles. The number of ether oxygens (including phenoxy) is 1. The molecule has 6 heteroatoms. The minimum Gasteiger partial charge on any atom is -0.490 e. The quantitative estimate of drug-likeness (QED) is 0.431. The van der Waals surface area contributed by atoms with Gasteiger partial charge < -0.3 is 19.8 Å². The Morgan fingerprint density at radius 3 is 2.56 bits per heavy atom. The number of carbonyl (C=O) groups is 2. The van der Waals surface area contributed by atoms with Gasteiger partial charge in [-0.3, -0.25) is 9.59 Å². The average molecular weight is 431 g/mol. The molecule has 6 nitrogen and oxygen atoms in total. The van der Waals surface area contributed by atoms with Crippen molar-refractivity contribution in [3.8, 4) is 5.75 Å². The molecule has 2 N–H and O–H groups in total. The molecule has 4 aromatic rings. The highest BCUT2D eigenvalue weighted by Crippen LogP contribution is 2.31. The van der Waals surface area contributed by atoms with Gasteiger partial charge in [-0.05, 0) is 42.3 Å². The van der Waals surface area contributed by atoms with Crippen molar-refractivity contribution in [2.75, 3.05) is 13.2 Å². The minimum absolute atomic E-state index is 0.0988. The molecule has 1 atom stereocenters. The topological polar surface area (TPSA) is 80.6 Å². The first-order valence-electron chi connectivity index (χ1n) is 10.7. The van der Waals surface area contributed by atoms with Crippen LogP contribution in [0.5, 0.6) is 5.75 Å². The van der Waals surface area contributed by atoms with Gasteiger partial charge in [0, 0.05) is 5.39 Å². The summed E-state index contributed by atoms with van der Waals surface area (Å²) >= 11 is 0. The molecule has 0 fully saturated rings. The number of benzene rings is 3. The fourth-order valence-corrected chi connectivity index (χ4v) is 3.76. The molecule has 4 rings (SSSR count). The molecule has 0 aliphatic carbocycles. The molecule has 0 aliphatic heterocycles. The van der Waals surface area contributed by atoms with Gasteiger partial charge in [-0.1, -0.05) is 54.6 Å². The first-order valence-corrected chi connectivity index (χ1v) is 10.7. The minimum atomic E-state index is -0.348. The Morgan fingerprint density at radius 1 is 0.969 bits per heavy atom. The molecule has 164 valence electrons. The van der Waals surface area contributed by atoms with E-state index in [2.05, 4.69) is 10.6 Å². The SMILES string of the molecule is CCOc1cccc2cc([C@H](C)NC(=O)CNC(=O)Cc3cccc4ccccc34)oc12. The lowest BCUT2D eigenvalue weighted by atomic mass is 10.0. The molecule has 0 aliphatic rings. The molecule has 0 unspecified atom stereocenters. The van der Waals surface area contributed by atoms with E-state index < -0.39 is 0 Å². The third-order valence-corrected chi connectivity index (χ3v) is 5.31. The van der Waals surface area contributed by atoms with Crippen LogP contribution in [0, 0.1) is 0 Å². The molecule has 0 spiro atoms. The summed E-state index contributed by atoms with van der Waals surface area (Å²) in [6.45, 7) is 4.20. The van der Waals surface area contributed by atoms with Crippen LogP contribution in [0.1, 0.15) is 31.2 Å². The van der Waals surface area contributed by atoms with E-state index in [1.807, 2.05) is 80.6 Å². The summed E-state index contributed by atoms with van der Waals surface area (Å²) in [5.41, 5.74) is 1.59. The second-order valence-corrected chi connectivity index (χ2v) is 7.64. The first kappa shape index (κ1) is 21.4. The van der Waals surface area contributed by atoms with Gasteiger partial charge in [-0.15, -0.1) is 0 Å². The lowest BCUT2D eigenvalue weighted by molar-refractivity contribution is -0.126. The highest BCUT2D eigenvalue weighted by molar-refractivity contribution is 5.91. The van der Waals surface area contributed by atoms with E-state index in [0.717, 1.165) is 21.7 Å². The molecule has 0 bridgehead atoms. The summed E-state index contributed by atoms with van der Waals surface area (Å²) < 4.78 is 11.5. The Kier molecular flexibility index (Phi) is 6.40. The summed E-state index contributed by atoms with van der Waals surface area (Å²) in [6, 6.07) is 21.1. The van der Waals surface area contributed by atoms with Crippen molar-refractivity contribution < 1.29 is 18.7 Å². The third kappa shape index (κ3) is 4.75. The van der Waals surface area contributed by atoms with Gasteiger partial charge in [0.2, 0.25) is 11.8 Å². The maximum Gasteiger partial charge on any atom is 0.239 e. The number of para-hydroxylation sites is 1. The Morgan fingerprint density at radius 2 is 1.72 bits per heavy atom. The van der Waals surface area contributed by atoms with E-state index in [1.165, 1.54) is 0 Å². The Hall–Kier alpha value is -3.80. The second kappa shape index (κ2) is 9.56. The van der Waals surface area contributed by atoms with Crippen molar-refractivity contribution in [3.05, 3.63) is 78.1 Å². The number of rotatable bonds is 8. The standard InChI is InChI=1S/C26H26N2O4/c1-3-31-22-13-7-11-20-14-23(32-26(20)22)17(2)28-25(30)16-27-24(29)15-19-10-6-9-18-8-4-5-12-21(18)19/h4-14,17H,3,15-16H2,1-2H3,(H,27,29)(H,28,30)/t17-/m0/s1. The van der Waals surface area contributed by atoms with E-state index in [1.54, 1.807) is 0 Å². The molecule has 0 radical (unpaired) electrons. The van der Waals surface area contributed by atoms with Crippen LogP contribution in [0.2, 0.25) is 0 Å². The number of fused-ring (bicyclic) bond motifs is 2. The van der Waals surface area contributed by atoms with Crippen LogP contribution in [-0.4, -0.2) is 25.0 Å². The molecule has 0 saturated carbocycles. The fourth-order valence-electron chi connectivity index (χ4n) is 3.76. The normalized spacial score (nSPS) is 11.9. The maximum absolute atomic E-state index is 12.4. The number of amides is 2. The Bertz CT molecular complexity index is 1260. The number of furan rings is 1. The molecule has 3 aromatic carbocycles. The smallest absolute Gasteiger partial charge is 0.239 e. The van der Waals surface area contributed by atoms with Crippen molar-refractivity contribution in [2.45, 2.75) is 26.3 Å². The maximum atomic E-state index is 12.4.